The van der Waals surface area contributed by atoms with Gasteiger partial charge >= 0.3 is 6.09 Å². The summed E-state index contributed by atoms with van der Waals surface area (Å²) in [6, 6.07) is -0.755. The first kappa shape index (κ1) is 13.2. The fourth-order valence-electron chi connectivity index (χ4n) is 0.742. The van der Waals surface area contributed by atoms with Gasteiger partial charge in [-0.1, -0.05) is 0 Å². The van der Waals surface area contributed by atoms with Gasteiger partial charge in [-0.25, -0.2) is 9.18 Å². The molecule has 0 fully saturated rings. The number of carbonyl (C=O) groups is 1. The number of amides is 1. The van der Waals surface area contributed by atoms with Crippen LogP contribution in [0.1, 0.15) is 27.7 Å². The van der Waals surface area contributed by atoms with E-state index in [4.69, 9.17) is 9.84 Å². The number of nitrogens with one attached hydrogen (secondary N) is 1. The Bertz CT molecular complexity index is 191. The minimum absolute atomic E-state index is 0.602. The summed E-state index contributed by atoms with van der Waals surface area (Å²) in [5.74, 6) is 0. The molecular formula is C9H18FNO3. The number of alkyl carbamates (subject to hydrolysis) is 1. The van der Waals surface area contributed by atoms with Gasteiger partial charge in [0.25, 0.3) is 0 Å². The number of rotatable bonds is 3. The lowest BCUT2D eigenvalue weighted by atomic mass is 10.2. The van der Waals surface area contributed by atoms with Crippen LogP contribution in [0.15, 0.2) is 0 Å². The van der Waals surface area contributed by atoms with Crippen molar-refractivity contribution >= 4 is 6.09 Å². The van der Waals surface area contributed by atoms with E-state index in [9.17, 15) is 9.18 Å². The summed E-state index contributed by atoms with van der Waals surface area (Å²) in [4.78, 5) is 11.1. The lowest BCUT2D eigenvalue weighted by molar-refractivity contribution is 0.0459. The van der Waals surface area contributed by atoms with E-state index >= 15 is 0 Å². The van der Waals surface area contributed by atoms with E-state index in [-0.39, 0.29) is 0 Å². The van der Waals surface area contributed by atoms with E-state index in [0.717, 1.165) is 0 Å². The molecule has 0 aliphatic rings. The third-order valence-corrected chi connectivity index (χ3v) is 1.46. The number of carbonyl (C=O) groups excluding carboxylic acids is 1. The molecule has 0 aliphatic carbocycles. The summed E-state index contributed by atoms with van der Waals surface area (Å²) >= 11 is 0. The molecule has 4 nitrogen and oxygen atoms in total. The standard InChI is InChI=1S/C9H18FNO3/c1-6(7(10)5-12)11-8(13)14-9(2,3)4/h6-7,12H,5H2,1-4H3,(H,11,13). The van der Waals surface area contributed by atoms with Crippen molar-refractivity contribution < 1.29 is 19.0 Å². The summed E-state index contributed by atoms with van der Waals surface area (Å²) in [5.41, 5.74) is -0.602. The molecule has 0 aromatic rings. The smallest absolute Gasteiger partial charge is 0.407 e. The number of halogens is 1. The molecule has 0 aromatic carbocycles. The molecular weight excluding hydrogens is 189 g/mol. The molecule has 14 heavy (non-hydrogen) atoms. The predicted molar refractivity (Wildman–Crippen MR) is 50.8 cm³/mol. The average Bonchev–Trinajstić information content (AvgIpc) is 1.99. The van der Waals surface area contributed by atoms with Crippen LogP contribution in [0.4, 0.5) is 9.18 Å². The molecule has 1 amide bonds. The highest BCUT2D eigenvalue weighted by Gasteiger charge is 2.21. The van der Waals surface area contributed by atoms with Gasteiger partial charge in [-0.15, -0.1) is 0 Å². The van der Waals surface area contributed by atoms with Gasteiger partial charge in [0.1, 0.15) is 11.8 Å². The van der Waals surface area contributed by atoms with Gasteiger partial charge in [-0.05, 0) is 27.7 Å². The second kappa shape index (κ2) is 5.14. The maximum atomic E-state index is 12.8. The first-order valence-corrected chi connectivity index (χ1v) is 4.50. The van der Waals surface area contributed by atoms with E-state index in [0.29, 0.717) is 0 Å². The monoisotopic (exact) mass is 207 g/mol. The molecule has 0 spiro atoms. The lowest BCUT2D eigenvalue weighted by Crippen LogP contribution is -2.43. The van der Waals surface area contributed by atoms with Crippen LogP contribution in [0.3, 0.4) is 0 Å². The quantitative estimate of drug-likeness (QED) is 0.731. The van der Waals surface area contributed by atoms with Gasteiger partial charge in [0.15, 0.2) is 0 Å². The Labute approximate surface area is 83.4 Å². The molecule has 2 N–H and O–H groups in total. The molecule has 0 rings (SSSR count). The molecule has 2 unspecified atom stereocenters. The Kier molecular flexibility index (Phi) is 4.83. The van der Waals surface area contributed by atoms with Crippen LogP contribution in [0.5, 0.6) is 0 Å². The summed E-state index contributed by atoms with van der Waals surface area (Å²) in [5, 5.41) is 10.8. The molecule has 0 radical (unpaired) electrons. The molecule has 0 saturated carbocycles. The van der Waals surface area contributed by atoms with Crippen molar-refractivity contribution in [2.45, 2.75) is 45.5 Å². The molecule has 5 heteroatoms. The zero-order valence-electron chi connectivity index (χ0n) is 9.00. The van der Waals surface area contributed by atoms with Crippen molar-refractivity contribution in [2.24, 2.45) is 0 Å². The largest absolute Gasteiger partial charge is 0.444 e. The van der Waals surface area contributed by atoms with Gasteiger partial charge < -0.3 is 15.2 Å². The second-order valence-electron chi connectivity index (χ2n) is 4.13. The van der Waals surface area contributed by atoms with Crippen molar-refractivity contribution in [3.8, 4) is 0 Å². The summed E-state index contributed by atoms with van der Waals surface area (Å²) in [6.07, 6.45) is -2.15. The molecule has 0 aliphatic heterocycles. The summed E-state index contributed by atoms with van der Waals surface area (Å²) in [7, 11) is 0. The van der Waals surface area contributed by atoms with Gasteiger partial charge in [-0.3, -0.25) is 0 Å². The Balaban J connectivity index is 3.95. The van der Waals surface area contributed by atoms with Crippen LogP contribution in [0.2, 0.25) is 0 Å². The first-order chi connectivity index (χ1) is 6.26. The van der Waals surface area contributed by atoms with Gasteiger partial charge in [0, 0.05) is 0 Å². The number of hydrogen-bond donors (Lipinski definition) is 2. The maximum absolute atomic E-state index is 12.8. The third kappa shape index (κ3) is 5.75. The van der Waals surface area contributed by atoms with Crippen molar-refractivity contribution in [1.82, 2.24) is 5.32 Å². The highest BCUT2D eigenvalue weighted by molar-refractivity contribution is 5.68. The van der Waals surface area contributed by atoms with Crippen molar-refractivity contribution in [1.29, 1.82) is 0 Å². The zero-order chi connectivity index (χ0) is 11.4. The molecule has 0 heterocycles. The normalized spacial score (nSPS) is 15.9. The number of alkyl halides is 1. The minimum Gasteiger partial charge on any atom is -0.444 e. The topological polar surface area (TPSA) is 58.6 Å². The number of aliphatic hydroxyl groups is 1. The molecule has 0 saturated heterocycles. The van der Waals surface area contributed by atoms with Crippen LogP contribution in [-0.2, 0) is 4.74 Å². The van der Waals surface area contributed by atoms with E-state index in [1.807, 2.05) is 0 Å². The van der Waals surface area contributed by atoms with E-state index in [1.165, 1.54) is 6.92 Å². The summed E-state index contributed by atoms with van der Waals surface area (Å²) in [6.45, 7) is 6.00. The molecule has 2 atom stereocenters. The van der Waals surface area contributed by atoms with Crippen LogP contribution in [0, 0.1) is 0 Å². The summed E-state index contributed by atoms with van der Waals surface area (Å²) < 4.78 is 17.7. The van der Waals surface area contributed by atoms with Gasteiger partial charge in [0.2, 0.25) is 0 Å². The fourth-order valence-corrected chi connectivity index (χ4v) is 0.742. The average molecular weight is 207 g/mol. The van der Waals surface area contributed by atoms with Crippen LogP contribution >= 0.6 is 0 Å². The van der Waals surface area contributed by atoms with Crippen LogP contribution in [-0.4, -0.2) is 35.6 Å². The second-order valence-corrected chi connectivity index (χ2v) is 4.13. The van der Waals surface area contributed by atoms with Gasteiger partial charge in [-0.2, -0.15) is 0 Å². The third-order valence-electron chi connectivity index (χ3n) is 1.46. The number of ether oxygens (including phenoxy) is 1. The molecule has 0 bridgehead atoms. The Hall–Kier alpha value is -0.840. The maximum Gasteiger partial charge on any atom is 0.407 e. The van der Waals surface area contributed by atoms with Crippen molar-refractivity contribution in [2.75, 3.05) is 6.61 Å². The number of aliphatic hydroxyl groups excluding tert-OH is 1. The Morgan fingerprint density at radius 3 is 2.43 bits per heavy atom. The van der Waals surface area contributed by atoms with E-state index in [1.54, 1.807) is 20.8 Å². The molecule has 84 valence electrons. The minimum atomic E-state index is -1.47. The van der Waals surface area contributed by atoms with Crippen molar-refractivity contribution in [3.63, 3.8) is 0 Å². The first-order valence-electron chi connectivity index (χ1n) is 4.50. The highest BCUT2D eigenvalue weighted by Crippen LogP contribution is 2.07. The Morgan fingerprint density at radius 2 is 2.07 bits per heavy atom. The molecule has 0 aromatic heterocycles. The van der Waals surface area contributed by atoms with Crippen LogP contribution < -0.4 is 5.32 Å². The van der Waals surface area contributed by atoms with Crippen LogP contribution in [0.25, 0.3) is 0 Å². The lowest BCUT2D eigenvalue weighted by Gasteiger charge is -2.22. The Morgan fingerprint density at radius 1 is 1.57 bits per heavy atom. The SMILES string of the molecule is CC(NC(=O)OC(C)(C)C)C(F)CO. The van der Waals surface area contributed by atoms with E-state index in [2.05, 4.69) is 5.32 Å². The number of hydrogen-bond acceptors (Lipinski definition) is 3. The zero-order valence-corrected chi connectivity index (χ0v) is 9.00. The predicted octanol–water partition coefficient (Wildman–Crippen LogP) is 1.23. The van der Waals surface area contributed by atoms with Gasteiger partial charge in [0.05, 0.1) is 12.6 Å². The van der Waals surface area contributed by atoms with E-state index < -0.39 is 30.5 Å². The highest BCUT2D eigenvalue weighted by atomic mass is 19.1. The fraction of sp³-hybridized carbons (Fsp3) is 0.889. The van der Waals surface area contributed by atoms with Crippen molar-refractivity contribution in [3.05, 3.63) is 0 Å².